The van der Waals surface area contributed by atoms with Crippen molar-refractivity contribution in [2.24, 2.45) is 0 Å². The zero-order valence-corrected chi connectivity index (χ0v) is 27.0. The minimum Gasteiger partial charge on any atom is -0.807 e. The van der Waals surface area contributed by atoms with Gasteiger partial charge in [-0.15, -0.1) is 0 Å². The van der Waals surface area contributed by atoms with Crippen LogP contribution >= 0.6 is 7.60 Å². The van der Waals surface area contributed by atoms with Gasteiger partial charge in [0.25, 0.3) is 5.56 Å². The first kappa shape index (κ1) is 33.7. The summed E-state index contributed by atoms with van der Waals surface area (Å²) in [6.45, 7) is 2.01. The molecule has 1 unspecified atom stereocenters. The van der Waals surface area contributed by atoms with Crippen molar-refractivity contribution in [3.05, 3.63) is 63.4 Å². The van der Waals surface area contributed by atoms with Crippen molar-refractivity contribution < 1.29 is 128 Å². The first-order valence-electron chi connectivity index (χ1n) is 9.76. The summed E-state index contributed by atoms with van der Waals surface area (Å²) in [7, 11) is -5.43. The summed E-state index contributed by atoms with van der Waals surface area (Å²) in [6.07, 6.45) is 0.139. The molecule has 0 radical (unpaired) electrons. The molecule has 0 spiro atoms. The third-order valence-corrected chi connectivity index (χ3v) is 6.09. The van der Waals surface area contributed by atoms with Gasteiger partial charge in [-0.05, 0) is 32.2 Å². The van der Waals surface area contributed by atoms with Crippen LogP contribution in [0.15, 0.2) is 41.2 Å². The average Bonchev–Trinajstić information content (AvgIpc) is 3.13. The van der Waals surface area contributed by atoms with Crippen molar-refractivity contribution >= 4 is 30.2 Å². The number of hydrogen-bond acceptors (Lipinski definition) is 10. The largest absolute Gasteiger partial charge is 1.00 e. The van der Waals surface area contributed by atoms with Gasteiger partial charge in [-0.2, -0.15) is 0 Å². The Balaban J connectivity index is 0.000000577. The Labute approximate surface area is 271 Å². The maximum atomic E-state index is 13.0. The first-order valence-corrected chi connectivity index (χ1v) is 11.3. The molecule has 0 amide bonds. The number of pyridine rings is 2. The van der Waals surface area contributed by atoms with Gasteiger partial charge in [0, 0.05) is 16.5 Å². The molecular formula is C21H16N2Na3O9P. The molecule has 5 rings (SSSR count). The van der Waals surface area contributed by atoms with Gasteiger partial charge in [-0.25, -0.2) is 9.78 Å². The minimum atomic E-state index is -5.43. The smallest absolute Gasteiger partial charge is 0.807 e. The molecule has 1 N–H and O–H groups in total. The van der Waals surface area contributed by atoms with Crippen LogP contribution in [-0.2, 0) is 32.8 Å². The summed E-state index contributed by atoms with van der Waals surface area (Å²) < 4.78 is 15.9. The molecular weight excluding hydrogens is 524 g/mol. The molecule has 2 aliphatic heterocycles. The summed E-state index contributed by atoms with van der Waals surface area (Å²) >= 11 is 0. The van der Waals surface area contributed by atoms with Gasteiger partial charge >= 0.3 is 94.6 Å². The number of aromatic nitrogens is 2. The zero-order valence-electron chi connectivity index (χ0n) is 20.1. The first-order chi connectivity index (χ1) is 15.5. The number of cyclic esters (lactones) is 1. The summed E-state index contributed by atoms with van der Waals surface area (Å²) in [5, 5.41) is 20.9. The molecule has 0 bridgehead atoms. The third-order valence-electron chi connectivity index (χ3n) is 5.64. The number of para-hydroxylation sites is 1. The standard InChI is InChI=1S/C20H16N2O4.CH3O5P.3Na/c1-2-20(25)14-8-16-17-12(7-11-5-3-4-6-15(11)21-17)9-22(16)18(23)13(14)10-26-19(20)24;2-1(3)7(4,5)6;;;/h3-8,25H,2,9-10H2,1H3;(H,2,3)(H2,4,5,6);;;/q;;3*+1/p-3. The van der Waals surface area contributed by atoms with Crippen LogP contribution in [0.3, 0.4) is 0 Å². The molecule has 0 saturated heterocycles. The number of esters is 1. The number of ether oxygens (including phenoxy) is 1. The van der Waals surface area contributed by atoms with E-state index in [1.165, 1.54) is 0 Å². The van der Waals surface area contributed by atoms with Gasteiger partial charge < -0.3 is 38.7 Å². The van der Waals surface area contributed by atoms with Crippen molar-refractivity contribution in [3.63, 3.8) is 0 Å². The van der Waals surface area contributed by atoms with Crippen molar-refractivity contribution in [2.75, 3.05) is 0 Å². The molecule has 0 aliphatic carbocycles. The van der Waals surface area contributed by atoms with Gasteiger partial charge in [-0.3, -0.25) is 4.79 Å². The fourth-order valence-corrected chi connectivity index (χ4v) is 3.93. The van der Waals surface area contributed by atoms with Gasteiger partial charge in [0.15, 0.2) is 5.60 Å². The van der Waals surface area contributed by atoms with E-state index in [9.17, 15) is 14.7 Å². The van der Waals surface area contributed by atoms with Crippen LogP contribution in [0.2, 0.25) is 0 Å². The molecule has 11 nitrogen and oxygen atoms in total. The van der Waals surface area contributed by atoms with Crippen LogP contribution in [0, 0.1) is 0 Å². The Morgan fingerprint density at radius 2 is 1.81 bits per heavy atom. The van der Waals surface area contributed by atoms with Crippen LogP contribution in [0.5, 0.6) is 0 Å². The second kappa shape index (κ2) is 12.7. The van der Waals surface area contributed by atoms with Crippen molar-refractivity contribution in [2.45, 2.75) is 32.1 Å². The number of carbonyl (C=O) groups excluding carboxylic acids is 2. The van der Waals surface area contributed by atoms with E-state index < -0.39 is 24.9 Å². The molecule has 2 aliphatic rings. The molecule has 4 heterocycles. The number of fused-ring (bicyclic) bond motifs is 5. The number of rotatable bonds is 2. The Hall–Kier alpha value is -0.370. The molecule has 15 heteroatoms. The quantitative estimate of drug-likeness (QED) is 0.145. The van der Waals surface area contributed by atoms with Crippen molar-refractivity contribution in [1.29, 1.82) is 0 Å². The van der Waals surface area contributed by atoms with Crippen LogP contribution in [0.1, 0.15) is 30.0 Å². The number of aliphatic hydroxyl groups is 1. The van der Waals surface area contributed by atoms with Crippen LogP contribution in [0.4, 0.5) is 4.79 Å². The SMILES string of the molecule is CCC1(O)C(=O)OCc2c1cc1n(c2=O)Cc2cc3ccccc3nc2-1.O=C([O-])P(=O)([O-])[O-].[Na+].[Na+].[Na+]. The summed E-state index contributed by atoms with van der Waals surface area (Å²) in [5.74, 6) is -0.707. The van der Waals surface area contributed by atoms with Crippen LogP contribution in [0.25, 0.3) is 22.3 Å². The summed E-state index contributed by atoms with van der Waals surface area (Å²) in [4.78, 5) is 57.2. The topological polar surface area (TPSA) is 185 Å². The van der Waals surface area contributed by atoms with Crippen molar-refractivity contribution in [1.82, 2.24) is 9.55 Å². The van der Waals surface area contributed by atoms with Crippen LogP contribution in [-0.4, -0.2) is 26.3 Å². The maximum Gasteiger partial charge on any atom is 1.00 e. The summed E-state index contributed by atoms with van der Waals surface area (Å²) in [6, 6.07) is 11.6. The number of benzene rings is 1. The fourth-order valence-electron chi connectivity index (χ4n) is 3.93. The molecule has 172 valence electrons. The van der Waals surface area contributed by atoms with Gasteiger partial charge in [-0.1, -0.05) is 25.1 Å². The number of carboxylic acid groups (broad SMARTS) is 1. The van der Waals surface area contributed by atoms with E-state index in [2.05, 4.69) is 0 Å². The van der Waals surface area contributed by atoms with Crippen LogP contribution < -0.4 is 109 Å². The second-order valence-corrected chi connectivity index (χ2v) is 8.92. The number of nitrogens with zero attached hydrogens (tertiary/aromatic N) is 2. The van der Waals surface area contributed by atoms with E-state index in [-0.39, 0.29) is 107 Å². The van der Waals surface area contributed by atoms with Gasteiger partial charge in [0.2, 0.25) is 0 Å². The maximum absolute atomic E-state index is 13.0. The molecule has 0 fully saturated rings. The Morgan fingerprint density at radius 3 is 2.39 bits per heavy atom. The normalized spacial score (nSPS) is 16.9. The summed E-state index contributed by atoms with van der Waals surface area (Å²) in [5.41, 5.74) is -0.749. The van der Waals surface area contributed by atoms with Gasteiger partial charge in [0.1, 0.15) is 6.61 Å². The van der Waals surface area contributed by atoms with E-state index in [1.54, 1.807) is 17.6 Å². The minimum absolute atomic E-state index is 0. The Kier molecular flexibility index (Phi) is 11.8. The predicted molar refractivity (Wildman–Crippen MR) is 108 cm³/mol. The monoisotopic (exact) mass is 540 g/mol. The van der Waals surface area contributed by atoms with E-state index in [4.69, 9.17) is 34.0 Å². The molecule has 1 atom stereocenters. The van der Waals surface area contributed by atoms with E-state index in [0.717, 1.165) is 22.2 Å². The number of carbonyl (C=O) groups is 2. The van der Waals surface area contributed by atoms with Gasteiger partial charge in [0.05, 0.1) is 34.7 Å². The Bertz CT molecular complexity index is 1440. The molecule has 2 aromatic heterocycles. The molecule has 36 heavy (non-hydrogen) atoms. The molecule has 3 aromatic rings. The average molecular weight is 540 g/mol. The van der Waals surface area contributed by atoms with Crippen molar-refractivity contribution in [3.8, 4) is 11.4 Å². The predicted octanol–water partition coefficient (Wildman–Crippen LogP) is -9.67. The van der Waals surface area contributed by atoms with E-state index in [0.29, 0.717) is 23.4 Å². The number of hydrogen-bond donors (Lipinski definition) is 1. The van der Waals surface area contributed by atoms with E-state index >= 15 is 0 Å². The third kappa shape index (κ3) is 6.10. The Morgan fingerprint density at radius 1 is 1.19 bits per heavy atom. The van der Waals surface area contributed by atoms with E-state index in [1.807, 2.05) is 30.3 Å². The zero-order chi connectivity index (χ0) is 24.1. The molecule has 0 saturated carbocycles. The fraction of sp³-hybridized carbons (Fsp3) is 0.238. The molecule has 1 aromatic carbocycles. The second-order valence-electron chi connectivity index (χ2n) is 7.56.